The van der Waals surface area contributed by atoms with Crippen LogP contribution in [-0.2, 0) is 4.74 Å². The second-order valence-electron chi connectivity index (χ2n) is 5.43. The minimum atomic E-state index is 0.190. The smallest absolute Gasteiger partial charge is 0.0795 e. The average molecular weight is 283 g/mol. The number of hydrogen-bond acceptors (Lipinski definition) is 4. The van der Waals surface area contributed by atoms with E-state index in [1.54, 1.807) is 0 Å². The highest BCUT2D eigenvalue weighted by molar-refractivity contribution is 7.99. The molecule has 0 saturated carbocycles. The molecule has 3 heterocycles. The predicted octanol–water partition coefficient (Wildman–Crippen LogP) is 3.45. The van der Waals surface area contributed by atoms with Gasteiger partial charge in [-0.25, -0.2) is 0 Å². The van der Waals surface area contributed by atoms with Gasteiger partial charge in [0.15, 0.2) is 0 Å². The lowest BCUT2D eigenvalue weighted by molar-refractivity contribution is -0.0711. The molecular weight excluding hydrogens is 262 g/mol. The first-order valence-corrected chi connectivity index (χ1v) is 8.82. The molecule has 0 radical (unpaired) electrons. The maximum atomic E-state index is 6.07. The summed E-state index contributed by atoms with van der Waals surface area (Å²) in [5, 5.41) is 5.95. The van der Waals surface area contributed by atoms with Gasteiger partial charge in [-0.3, -0.25) is 0 Å². The van der Waals surface area contributed by atoms with E-state index >= 15 is 0 Å². The van der Waals surface area contributed by atoms with E-state index in [1.807, 2.05) is 23.1 Å². The molecule has 100 valence electrons. The van der Waals surface area contributed by atoms with Gasteiger partial charge in [-0.1, -0.05) is 6.07 Å². The summed E-state index contributed by atoms with van der Waals surface area (Å²) in [7, 11) is 0. The Hall–Kier alpha value is -0.0300. The van der Waals surface area contributed by atoms with Gasteiger partial charge in [-0.15, -0.1) is 11.3 Å². The Morgan fingerprint density at radius 3 is 3.22 bits per heavy atom. The zero-order chi connectivity index (χ0) is 12.4. The van der Waals surface area contributed by atoms with Crippen LogP contribution >= 0.6 is 23.1 Å². The second kappa shape index (κ2) is 5.53. The molecule has 0 amide bonds. The molecule has 3 rings (SSSR count). The molecule has 4 heteroatoms. The van der Waals surface area contributed by atoms with Gasteiger partial charge in [0.1, 0.15) is 0 Å². The molecule has 0 aromatic carbocycles. The highest BCUT2D eigenvalue weighted by Gasteiger charge is 2.40. The molecule has 1 N–H and O–H groups in total. The monoisotopic (exact) mass is 283 g/mol. The molecule has 2 aliphatic heterocycles. The van der Waals surface area contributed by atoms with E-state index in [4.69, 9.17) is 4.74 Å². The molecule has 1 spiro atoms. The van der Waals surface area contributed by atoms with Crippen molar-refractivity contribution in [3.63, 3.8) is 0 Å². The Morgan fingerprint density at radius 2 is 2.50 bits per heavy atom. The van der Waals surface area contributed by atoms with Gasteiger partial charge in [-0.05, 0) is 43.4 Å². The molecule has 0 aliphatic carbocycles. The van der Waals surface area contributed by atoms with Gasteiger partial charge in [-0.2, -0.15) is 11.8 Å². The van der Waals surface area contributed by atoms with Crippen LogP contribution < -0.4 is 5.32 Å². The van der Waals surface area contributed by atoms with Gasteiger partial charge >= 0.3 is 0 Å². The number of rotatable bonds is 3. The highest BCUT2D eigenvalue weighted by atomic mass is 32.2. The molecule has 2 unspecified atom stereocenters. The van der Waals surface area contributed by atoms with Crippen LogP contribution in [0.25, 0.3) is 0 Å². The third kappa shape index (κ3) is 2.77. The molecule has 2 nitrogen and oxygen atoms in total. The van der Waals surface area contributed by atoms with Crippen LogP contribution in [0.1, 0.15) is 37.1 Å². The first kappa shape index (κ1) is 13.0. The molecular formula is C14H21NOS2. The SMILES string of the molecule is C[C@H](NC1CCOC2(CCSC2)C1)c1cccs1. The van der Waals surface area contributed by atoms with Crippen molar-refractivity contribution >= 4 is 23.1 Å². The highest BCUT2D eigenvalue weighted by Crippen LogP contribution is 2.38. The normalized spacial score (nSPS) is 33.9. The molecule has 1 aromatic heterocycles. The topological polar surface area (TPSA) is 21.3 Å². The van der Waals surface area contributed by atoms with Crippen LogP contribution in [0.4, 0.5) is 0 Å². The van der Waals surface area contributed by atoms with E-state index in [2.05, 4.69) is 29.8 Å². The quantitative estimate of drug-likeness (QED) is 0.918. The number of thioether (sulfide) groups is 1. The molecule has 0 bridgehead atoms. The minimum absolute atomic E-state index is 0.190. The van der Waals surface area contributed by atoms with Crippen LogP contribution in [0, 0.1) is 0 Å². The van der Waals surface area contributed by atoms with Crippen molar-refractivity contribution in [1.82, 2.24) is 5.32 Å². The fourth-order valence-electron chi connectivity index (χ4n) is 3.01. The number of hydrogen-bond donors (Lipinski definition) is 1. The van der Waals surface area contributed by atoms with Gasteiger partial charge < -0.3 is 10.1 Å². The second-order valence-corrected chi connectivity index (χ2v) is 7.51. The van der Waals surface area contributed by atoms with Crippen molar-refractivity contribution < 1.29 is 4.74 Å². The van der Waals surface area contributed by atoms with Crippen molar-refractivity contribution in [1.29, 1.82) is 0 Å². The summed E-state index contributed by atoms with van der Waals surface area (Å²) in [6.07, 6.45) is 3.58. The van der Waals surface area contributed by atoms with E-state index in [1.165, 1.54) is 29.2 Å². The number of thiophene rings is 1. The zero-order valence-electron chi connectivity index (χ0n) is 10.9. The van der Waals surface area contributed by atoms with E-state index < -0.39 is 0 Å². The summed E-state index contributed by atoms with van der Waals surface area (Å²) < 4.78 is 6.07. The maximum absolute atomic E-state index is 6.07. The summed E-state index contributed by atoms with van der Waals surface area (Å²) in [6.45, 7) is 3.20. The van der Waals surface area contributed by atoms with Crippen molar-refractivity contribution in [3.8, 4) is 0 Å². The molecule has 2 saturated heterocycles. The van der Waals surface area contributed by atoms with Crippen molar-refractivity contribution in [3.05, 3.63) is 22.4 Å². The van der Waals surface area contributed by atoms with E-state index in [0.717, 1.165) is 13.0 Å². The Balaban J connectivity index is 1.59. The van der Waals surface area contributed by atoms with Crippen molar-refractivity contribution in [2.45, 2.75) is 43.9 Å². The summed E-state index contributed by atoms with van der Waals surface area (Å²) in [5.41, 5.74) is 0.190. The standard InChI is InChI=1S/C14H21NOS2/c1-11(13-3-2-7-18-13)15-12-4-6-16-14(9-12)5-8-17-10-14/h2-3,7,11-12,15H,4-6,8-10H2,1H3/t11-,12?,14?/m0/s1. The lowest BCUT2D eigenvalue weighted by Gasteiger charge is -2.39. The van der Waals surface area contributed by atoms with E-state index in [9.17, 15) is 0 Å². The summed E-state index contributed by atoms with van der Waals surface area (Å²) in [6, 6.07) is 5.45. The third-order valence-corrected chi connectivity index (χ3v) is 6.29. The molecule has 2 fully saturated rings. The molecule has 2 aliphatic rings. The predicted molar refractivity (Wildman–Crippen MR) is 79.5 cm³/mol. The Kier molecular flexibility index (Phi) is 3.99. The van der Waals surface area contributed by atoms with Gasteiger partial charge in [0.2, 0.25) is 0 Å². The summed E-state index contributed by atoms with van der Waals surface area (Å²) in [5.74, 6) is 2.46. The lowest BCUT2D eigenvalue weighted by atomic mass is 9.89. The fourth-order valence-corrected chi connectivity index (χ4v) is 5.13. The summed E-state index contributed by atoms with van der Waals surface area (Å²) >= 11 is 3.89. The first-order chi connectivity index (χ1) is 8.77. The number of ether oxygens (including phenoxy) is 1. The van der Waals surface area contributed by atoms with Crippen LogP contribution in [0.2, 0.25) is 0 Å². The third-order valence-electron chi connectivity index (χ3n) is 4.02. The average Bonchev–Trinajstić information content (AvgIpc) is 3.01. The Bertz CT molecular complexity index is 373. The van der Waals surface area contributed by atoms with Crippen LogP contribution in [0.3, 0.4) is 0 Å². The Morgan fingerprint density at radius 1 is 1.56 bits per heavy atom. The fraction of sp³-hybridized carbons (Fsp3) is 0.714. The lowest BCUT2D eigenvalue weighted by Crippen LogP contribution is -2.47. The van der Waals surface area contributed by atoms with Crippen molar-refractivity contribution in [2.24, 2.45) is 0 Å². The van der Waals surface area contributed by atoms with E-state index in [-0.39, 0.29) is 5.60 Å². The Labute approximate surface area is 117 Å². The maximum Gasteiger partial charge on any atom is 0.0795 e. The zero-order valence-corrected chi connectivity index (χ0v) is 12.5. The molecule has 3 atom stereocenters. The minimum Gasteiger partial charge on any atom is -0.374 e. The van der Waals surface area contributed by atoms with Crippen LogP contribution in [-0.4, -0.2) is 29.8 Å². The summed E-state index contributed by atoms with van der Waals surface area (Å²) in [4.78, 5) is 1.44. The molecule has 1 aromatic rings. The van der Waals surface area contributed by atoms with Crippen LogP contribution in [0.5, 0.6) is 0 Å². The van der Waals surface area contributed by atoms with Gasteiger partial charge in [0, 0.05) is 29.3 Å². The van der Waals surface area contributed by atoms with Crippen molar-refractivity contribution in [2.75, 3.05) is 18.1 Å². The van der Waals surface area contributed by atoms with E-state index in [0.29, 0.717) is 12.1 Å². The van der Waals surface area contributed by atoms with Gasteiger partial charge in [0.05, 0.1) is 5.60 Å². The first-order valence-electron chi connectivity index (χ1n) is 6.79. The van der Waals surface area contributed by atoms with Gasteiger partial charge in [0.25, 0.3) is 0 Å². The number of nitrogens with one attached hydrogen (secondary N) is 1. The molecule has 18 heavy (non-hydrogen) atoms. The largest absolute Gasteiger partial charge is 0.374 e. The van der Waals surface area contributed by atoms with Crippen LogP contribution in [0.15, 0.2) is 17.5 Å².